The number of imidazole rings is 1. The van der Waals surface area contributed by atoms with E-state index in [0.29, 0.717) is 0 Å². The Labute approximate surface area is 371 Å². The van der Waals surface area contributed by atoms with E-state index < -0.39 is 0 Å². The molecule has 0 aliphatic carbocycles. The Kier molecular flexibility index (Phi) is 7.56. The van der Waals surface area contributed by atoms with Crippen LogP contribution in [0.1, 0.15) is 0 Å². The van der Waals surface area contributed by atoms with E-state index in [-0.39, 0.29) is 0 Å². The number of hydrogen-bond acceptors (Lipinski definition) is 3. The van der Waals surface area contributed by atoms with Gasteiger partial charge >= 0.3 is 0 Å². The molecule has 14 aromatic rings. The monoisotopic (exact) mass is 829 g/mol. The van der Waals surface area contributed by atoms with Gasteiger partial charge in [-0.1, -0.05) is 176 Å². The highest BCUT2D eigenvalue weighted by atomic mass is 32.1. The first-order valence-corrected chi connectivity index (χ1v) is 22.6. The lowest BCUT2D eigenvalue weighted by atomic mass is 9.90. The molecule has 0 bridgehead atoms. The lowest BCUT2D eigenvalue weighted by Crippen LogP contribution is -1.93. The number of benzene rings is 10. The third-order valence-electron chi connectivity index (χ3n) is 13.4. The Morgan fingerprint density at radius 1 is 0.359 bits per heavy atom. The number of rotatable bonds is 4. The van der Waals surface area contributed by atoms with Crippen molar-refractivity contribution < 1.29 is 0 Å². The van der Waals surface area contributed by atoms with Crippen molar-refractivity contribution in [1.29, 1.82) is 0 Å². The fourth-order valence-corrected chi connectivity index (χ4v) is 11.6. The summed E-state index contributed by atoms with van der Waals surface area (Å²) in [6.45, 7) is 0. The molecule has 64 heavy (non-hydrogen) atoms. The highest BCUT2D eigenvalue weighted by Gasteiger charge is 2.20. The molecule has 0 N–H and O–H groups in total. The molecule has 0 fully saturated rings. The maximum absolute atomic E-state index is 5.40. The Hall–Kier alpha value is -8.18. The molecular weight excluding hydrogens is 795 g/mol. The molecule has 0 atom stereocenters. The lowest BCUT2D eigenvalue weighted by molar-refractivity contribution is 1.25. The molecule has 0 aliphatic rings. The van der Waals surface area contributed by atoms with Gasteiger partial charge < -0.3 is 0 Å². The van der Waals surface area contributed by atoms with E-state index in [0.717, 1.165) is 38.8 Å². The van der Waals surface area contributed by atoms with E-state index >= 15 is 0 Å². The second-order valence-corrected chi connectivity index (χ2v) is 17.9. The predicted octanol–water partition coefficient (Wildman–Crippen LogP) is 16.7. The number of thiophene rings is 1. The summed E-state index contributed by atoms with van der Waals surface area (Å²) in [6, 6.07) is 75.5. The van der Waals surface area contributed by atoms with Crippen LogP contribution in [0, 0.1) is 0 Å². The van der Waals surface area contributed by atoms with Crippen LogP contribution in [-0.4, -0.2) is 14.4 Å². The summed E-state index contributed by atoms with van der Waals surface area (Å²) in [4.78, 5) is 10.1. The normalized spacial score (nSPS) is 12.1. The van der Waals surface area contributed by atoms with Gasteiger partial charge in [-0.15, -0.1) is 11.3 Å². The molecule has 0 amide bonds. The van der Waals surface area contributed by atoms with Crippen LogP contribution in [0.2, 0.25) is 0 Å². The van der Waals surface area contributed by atoms with Crippen molar-refractivity contribution in [3.8, 4) is 44.6 Å². The minimum absolute atomic E-state index is 1.00. The summed E-state index contributed by atoms with van der Waals surface area (Å²) in [6.07, 6.45) is 1.88. The average Bonchev–Trinajstić information content (AvgIpc) is 3.94. The number of hydrogen-bond donors (Lipinski definition) is 0. The molecule has 0 saturated carbocycles. The van der Waals surface area contributed by atoms with E-state index in [4.69, 9.17) is 9.97 Å². The number of fused-ring (bicyclic) bond motifs is 14. The molecule has 10 aromatic carbocycles. The highest BCUT2D eigenvalue weighted by molar-refractivity contribution is 7.27. The standard InChI is InChI=1S/C60H35N3S/c1-2-12-42-34-56-54(33-41(42)11-1)62-60-59-53(51-28-27-36-10-3-4-14-46(36)58(51)64-59)35-55(63(56)60)40-25-23-38(24-26-40)45-30-29-44(47-15-5-6-16-48(45)47)37-19-21-39(22-20-37)52-32-43-13-9-31-61-57(43)50-18-8-7-17-49(50)52/h1-35H. The van der Waals surface area contributed by atoms with Crippen molar-refractivity contribution in [2.45, 2.75) is 0 Å². The number of pyridine rings is 2. The SMILES string of the molecule is c1ccc2cc3c(cc2c1)nc1c2sc4c5ccccc5ccc4c2cc(-c2ccc(-c4ccc(-c5ccc(-c6cc7cccnc7c7ccccc67)cc5)c5ccccc45)cc2)n31. The van der Waals surface area contributed by atoms with Crippen LogP contribution < -0.4 is 0 Å². The fraction of sp³-hybridized carbons (Fsp3) is 0. The van der Waals surface area contributed by atoms with Crippen LogP contribution in [0.15, 0.2) is 212 Å². The molecule has 0 saturated heterocycles. The summed E-state index contributed by atoms with van der Waals surface area (Å²) in [5, 5.41) is 13.5. The smallest absolute Gasteiger partial charge is 0.156 e. The third kappa shape index (κ3) is 5.27. The maximum Gasteiger partial charge on any atom is 0.156 e. The van der Waals surface area contributed by atoms with Crippen LogP contribution in [0.4, 0.5) is 0 Å². The molecule has 14 rings (SSSR count). The zero-order valence-corrected chi connectivity index (χ0v) is 35.3. The molecular formula is C60H35N3S. The maximum atomic E-state index is 5.40. The first kappa shape index (κ1) is 35.4. The van der Waals surface area contributed by atoms with Gasteiger partial charge in [0.1, 0.15) is 0 Å². The van der Waals surface area contributed by atoms with E-state index in [9.17, 15) is 0 Å². The van der Waals surface area contributed by atoms with Gasteiger partial charge in [0.15, 0.2) is 5.65 Å². The summed E-state index contributed by atoms with van der Waals surface area (Å²) in [5.74, 6) is 0. The molecule has 4 heteroatoms. The summed E-state index contributed by atoms with van der Waals surface area (Å²) >= 11 is 1.86. The van der Waals surface area contributed by atoms with Crippen LogP contribution >= 0.6 is 11.3 Å². The van der Waals surface area contributed by atoms with Crippen molar-refractivity contribution in [2.75, 3.05) is 0 Å². The minimum Gasteiger partial charge on any atom is -0.291 e. The number of aromatic nitrogens is 3. The summed E-state index contributed by atoms with van der Waals surface area (Å²) in [5.41, 5.74) is 13.7. The fourth-order valence-electron chi connectivity index (χ4n) is 10.3. The predicted molar refractivity (Wildman–Crippen MR) is 273 cm³/mol. The van der Waals surface area contributed by atoms with E-state index in [1.807, 2.05) is 23.6 Å². The summed E-state index contributed by atoms with van der Waals surface area (Å²) in [7, 11) is 0. The topological polar surface area (TPSA) is 30.2 Å². The highest BCUT2D eigenvalue weighted by Crippen LogP contribution is 2.44. The van der Waals surface area contributed by atoms with Gasteiger partial charge in [0.25, 0.3) is 0 Å². The zero-order chi connectivity index (χ0) is 41.9. The third-order valence-corrected chi connectivity index (χ3v) is 14.6. The van der Waals surface area contributed by atoms with Gasteiger partial charge in [0.05, 0.1) is 26.9 Å². The van der Waals surface area contributed by atoms with E-state index in [2.05, 4.69) is 205 Å². The molecule has 0 aliphatic heterocycles. The van der Waals surface area contributed by atoms with Crippen molar-refractivity contribution in [1.82, 2.24) is 14.4 Å². The van der Waals surface area contributed by atoms with Gasteiger partial charge in [-0.05, 0) is 107 Å². The molecule has 0 unspecified atom stereocenters. The Morgan fingerprint density at radius 3 is 1.62 bits per heavy atom. The van der Waals surface area contributed by atoms with Gasteiger partial charge in [0, 0.05) is 32.4 Å². The minimum atomic E-state index is 1.00. The van der Waals surface area contributed by atoms with Crippen LogP contribution in [0.5, 0.6) is 0 Å². The molecule has 296 valence electrons. The lowest BCUT2D eigenvalue weighted by Gasteiger charge is -2.14. The van der Waals surface area contributed by atoms with Crippen molar-refractivity contribution in [2.24, 2.45) is 0 Å². The molecule has 3 nitrogen and oxygen atoms in total. The van der Waals surface area contributed by atoms with Gasteiger partial charge in [-0.2, -0.15) is 0 Å². The zero-order valence-electron chi connectivity index (χ0n) is 34.5. The first-order chi connectivity index (χ1) is 31.7. The van der Waals surface area contributed by atoms with Crippen LogP contribution in [0.25, 0.3) is 135 Å². The van der Waals surface area contributed by atoms with E-state index in [1.54, 1.807) is 0 Å². The summed E-state index contributed by atoms with van der Waals surface area (Å²) < 4.78 is 4.92. The second kappa shape index (κ2) is 13.7. The van der Waals surface area contributed by atoms with Crippen LogP contribution in [0.3, 0.4) is 0 Å². The van der Waals surface area contributed by atoms with E-state index in [1.165, 1.54) is 96.6 Å². The Morgan fingerprint density at radius 2 is 0.922 bits per heavy atom. The molecule has 4 heterocycles. The quantitative estimate of drug-likeness (QED) is 0.165. The molecule has 0 spiro atoms. The molecule has 4 aromatic heterocycles. The van der Waals surface area contributed by atoms with Gasteiger partial charge in [-0.25, -0.2) is 4.98 Å². The van der Waals surface area contributed by atoms with Gasteiger partial charge in [-0.3, -0.25) is 9.38 Å². The number of nitrogens with zero attached hydrogens (tertiary/aromatic N) is 3. The molecule has 0 radical (unpaired) electrons. The Balaban J connectivity index is 0.888. The largest absolute Gasteiger partial charge is 0.291 e. The second-order valence-electron chi connectivity index (χ2n) is 16.9. The average molecular weight is 830 g/mol. The van der Waals surface area contributed by atoms with Crippen molar-refractivity contribution >= 4 is 102 Å². The van der Waals surface area contributed by atoms with Crippen molar-refractivity contribution in [3.63, 3.8) is 0 Å². The first-order valence-electron chi connectivity index (χ1n) is 21.8. The van der Waals surface area contributed by atoms with Crippen LogP contribution in [-0.2, 0) is 0 Å². The Bertz CT molecular complexity index is 4230. The van der Waals surface area contributed by atoms with Crippen molar-refractivity contribution in [3.05, 3.63) is 212 Å². The van der Waals surface area contributed by atoms with Gasteiger partial charge in [0.2, 0.25) is 0 Å².